The molecule has 12 rings (SSSR count). The zero-order valence-corrected chi connectivity index (χ0v) is 72.1. The third-order valence-corrected chi connectivity index (χ3v) is 24.0. The fourth-order valence-electron chi connectivity index (χ4n) is 17.0. The average molecular weight is 1710 g/mol. The number of Topliss-reactive ketones (excluding diaryl/α,β-unsaturated/α-hetero) is 2. The number of hydrogen-bond acceptors (Lipinski definition) is 18. The van der Waals surface area contributed by atoms with Gasteiger partial charge in [0.15, 0.2) is 11.6 Å². The van der Waals surface area contributed by atoms with Crippen LogP contribution in [0.2, 0.25) is 0 Å². The highest BCUT2D eigenvalue weighted by Crippen LogP contribution is 2.35. The molecule has 10 atom stereocenters. The predicted molar refractivity (Wildman–Crippen MR) is 454 cm³/mol. The van der Waals surface area contributed by atoms with Gasteiger partial charge in [0.2, 0.25) is 65.0 Å². The van der Waals surface area contributed by atoms with E-state index >= 15 is 38.0 Å². The van der Waals surface area contributed by atoms with Gasteiger partial charge in [-0.1, -0.05) is 73.5 Å². The second-order valence-electron chi connectivity index (χ2n) is 34.4. The van der Waals surface area contributed by atoms with Gasteiger partial charge >= 0.3 is 0 Å². The smallest absolute Gasteiger partial charge is 0.246 e. The Morgan fingerprint density at radius 2 is 1.35 bits per heavy atom. The summed E-state index contributed by atoms with van der Waals surface area (Å²) in [6.07, 6.45) is 1.04. The number of likely N-dealkylation sites (N-methyl/N-ethyl adjacent to an activating group) is 1. The zero-order valence-electron chi connectivity index (χ0n) is 72.1. The number of aromatic nitrogens is 1. The summed E-state index contributed by atoms with van der Waals surface area (Å²) in [5.74, 6) is -10.7. The van der Waals surface area contributed by atoms with E-state index in [2.05, 4.69) is 37.2 Å². The van der Waals surface area contributed by atoms with E-state index in [-0.39, 0.29) is 142 Å². The molecule has 0 unspecified atom stereocenters. The second kappa shape index (κ2) is 44.7. The molecule has 5 aromatic rings. The number of halogens is 1. The molecule has 4 aromatic carbocycles. The molecule has 668 valence electrons. The molecule has 1 aromatic heterocycles. The molecule has 31 nitrogen and oxygen atoms in total. The van der Waals surface area contributed by atoms with Gasteiger partial charge in [-0.2, -0.15) is 0 Å². The number of methoxy groups -OCH3 is 1. The van der Waals surface area contributed by atoms with Crippen LogP contribution in [-0.2, 0) is 122 Å². The van der Waals surface area contributed by atoms with Crippen LogP contribution in [0.3, 0.4) is 0 Å². The van der Waals surface area contributed by atoms with Crippen molar-refractivity contribution in [1.29, 1.82) is 0 Å². The van der Waals surface area contributed by atoms with Gasteiger partial charge in [-0.3, -0.25) is 62.3 Å². The number of aryl methyl sites for hydroxylation is 2. The average Bonchev–Trinajstić information content (AvgIpc) is 1.65. The van der Waals surface area contributed by atoms with E-state index in [0.717, 1.165) is 17.7 Å². The zero-order chi connectivity index (χ0) is 87.2. The lowest BCUT2D eigenvalue weighted by molar-refractivity contribution is -0.870. The Balaban J connectivity index is 0.0000158. The predicted octanol–water partition coefficient (Wildman–Crippen LogP) is 4.19. The van der Waals surface area contributed by atoms with Crippen molar-refractivity contribution in [2.45, 2.75) is 216 Å². The van der Waals surface area contributed by atoms with Crippen molar-refractivity contribution >= 4 is 87.4 Å². The Morgan fingerprint density at radius 1 is 0.634 bits per heavy atom. The van der Waals surface area contributed by atoms with Crippen molar-refractivity contribution in [1.82, 2.24) is 61.4 Å². The van der Waals surface area contributed by atoms with E-state index in [9.17, 15) is 33.9 Å². The number of amides is 11. The molecular formula is C91H124FN13O18. The number of fused-ring (bicyclic) bond motifs is 19. The highest BCUT2D eigenvalue weighted by molar-refractivity contribution is 6.00. The standard InChI is InChI=1S/C90H120FN13O18.CH3/c1-58(105)82-86(115)96-70(47-60-25-28-67(119-6)29-26-60)89(118)103-39-15-35-90(103,2)76(107)19-14-16-59-21-23-61(24-22-59)54-100-37-11-8-7-10-36-99-55-65(68-51-66(91)27-30-73(68)99)49-64-50-74(106)69(48-62-17-13-18-63(46-62)52-92-79(110)57-122-75-33-40-102(88(64)117)83(75)87(116)98-82)95-84(113)71-53-93-77(108)20-9-12-38-101(56-72(85(114)97-71)94-78(109)31-32-80(100)111)81(112)34-42-120-44-45-121-43-41-104(3,4)5;/h13,17-18,21-30,46,51,55,58,64,69-72,75,82-83,105H,7-12,14-16,19-20,31-45,47-50,52-54,56-57H2,1-6H3,(H6-,92,93,94,95,96,97,98,108,109,110,113,114,115,116);1H3/q;-1/p+1/t58-,64-,69+,70+,71-,72+,75+,82+,83+,90+;/m1./s1. The van der Waals surface area contributed by atoms with Crippen LogP contribution >= 0.6 is 0 Å². The van der Waals surface area contributed by atoms with E-state index < -0.39 is 163 Å². The highest BCUT2D eigenvalue weighted by atomic mass is 19.1. The van der Waals surface area contributed by atoms with Crippen LogP contribution in [0.25, 0.3) is 10.9 Å². The van der Waals surface area contributed by atoms with Gasteiger partial charge in [-0.15, -0.1) is 0 Å². The minimum absolute atomic E-state index is 0. The number of ether oxygens (including phenoxy) is 4. The van der Waals surface area contributed by atoms with Gasteiger partial charge in [0.05, 0.1) is 84.9 Å². The SMILES string of the molecule is COc1ccc(C[C@@H]2NC(=O)[C@H]([C@@H](C)O)NC(=O)[C@@H]3[C@@H]4CCN3C(=O)[C@H]3CC(=O)[C@H](Cc5cccc(c5)CNC(=O)CO4)NC(=O)[C@H]4CNC(=O)CCCCN(C(=O)CCOCCOCC[N+](C)(C)C)C[C@H](NC(=O)CCC(=O)N(CCCCCCn5cc(c6cc(F)ccc65)C3)Cc3ccc(cc3)CCCC(=O)[C@]3(C)CCCN3C2=O)C(=O)N4)cc1.[CH3-]. The van der Waals surface area contributed by atoms with Crippen LogP contribution < -0.4 is 42.0 Å². The van der Waals surface area contributed by atoms with Crippen molar-refractivity contribution in [3.05, 3.63) is 144 Å². The lowest BCUT2D eigenvalue weighted by Gasteiger charge is -2.37. The number of quaternary nitrogens is 1. The molecule has 0 radical (unpaired) electrons. The van der Waals surface area contributed by atoms with Gasteiger partial charge < -0.3 is 97.3 Å². The molecule has 0 spiro atoms. The molecule has 7 aliphatic rings. The Hall–Kier alpha value is -10.5. The normalized spacial score (nSPS) is 24.8. The third-order valence-electron chi connectivity index (χ3n) is 24.0. The van der Waals surface area contributed by atoms with Gasteiger partial charge in [-0.25, -0.2) is 4.39 Å². The first kappa shape index (κ1) is 94.7. The van der Waals surface area contributed by atoms with E-state index in [1.54, 1.807) is 72.6 Å². The van der Waals surface area contributed by atoms with Gasteiger partial charge in [0.25, 0.3) is 0 Å². The van der Waals surface area contributed by atoms with Gasteiger partial charge in [-0.05, 0) is 148 Å². The number of benzene rings is 4. The van der Waals surface area contributed by atoms with Crippen molar-refractivity contribution in [3.8, 4) is 5.75 Å². The van der Waals surface area contributed by atoms with Gasteiger partial charge in [0.1, 0.15) is 54.9 Å². The topological polar surface area (TPSA) is 381 Å². The fourth-order valence-corrected chi connectivity index (χ4v) is 17.0. The van der Waals surface area contributed by atoms with Crippen LogP contribution in [0, 0.1) is 19.2 Å². The van der Waals surface area contributed by atoms with Crippen molar-refractivity contribution in [3.63, 3.8) is 0 Å². The van der Waals surface area contributed by atoms with Crippen LogP contribution in [0.15, 0.2) is 97.2 Å². The monoisotopic (exact) mass is 1710 g/mol. The minimum Gasteiger partial charge on any atom is -0.497 e. The third kappa shape index (κ3) is 26.5. The van der Waals surface area contributed by atoms with Crippen molar-refractivity contribution in [2.75, 3.05) is 107 Å². The van der Waals surface area contributed by atoms with E-state index in [4.69, 9.17) is 18.9 Å². The van der Waals surface area contributed by atoms with Crippen LogP contribution in [0.1, 0.15) is 150 Å². The first-order chi connectivity index (χ1) is 58.5. The summed E-state index contributed by atoms with van der Waals surface area (Å²) in [5, 5.41) is 31.6. The van der Waals surface area contributed by atoms with E-state index in [0.29, 0.717) is 108 Å². The second-order valence-corrected chi connectivity index (χ2v) is 34.4. The maximum Gasteiger partial charge on any atom is 0.246 e. The number of aliphatic hydroxyl groups excluding tert-OH is 1. The maximum atomic E-state index is 16.4. The largest absolute Gasteiger partial charge is 0.497 e. The number of rotatable bonds is 13. The quantitative estimate of drug-likeness (QED) is 0.0465. The number of carbonyl (C=O) groups excluding carboxylic acids is 13. The molecule has 0 saturated carbocycles. The molecular weight excluding hydrogens is 1580 g/mol. The number of nitrogens with one attached hydrogen (secondary N) is 7. The molecule has 0 aliphatic carbocycles. The molecule has 8 heterocycles. The summed E-state index contributed by atoms with van der Waals surface area (Å²) in [6, 6.07) is 15.7. The first-order valence-corrected chi connectivity index (χ1v) is 43.1. The summed E-state index contributed by atoms with van der Waals surface area (Å²) in [6.45, 7) is 3.71. The Morgan fingerprint density at radius 3 is 2.10 bits per heavy atom. The number of aliphatic hydroxyl groups is 1. The molecule has 3 fully saturated rings. The van der Waals surface area contributed by atoms with Crippen LogP contribution in [0.4, 0.5) is 4.39 Å². The molecule has 123 heavy (non-hydrogen) atoms. The number of hydrogen-bond donors (Lipinski definition) is 8. The minimum atomic E-state index is -1.85. The summed E-state index contributed by atoms with van der Waals surface area (Å²) in [4.78, 5) is 202. The summed E-state index contributed by atoms with van der Waals surface area (Å²) < 4.78 is 41.9. The summed E-state index contributed by atoms with van der Waals surface area (Å²) in [5.41, 5.74) is 2.95. The lowest BCUT2D eigenvalue weighted by Crippen LogP contribution is -2.62. The fraction of sp³-hybridized carbons (Fsp3) is 0.560. The molecule has 32 heteroatoms. The van der Waals surface area contributed by atoms with E-state index in [1.165, 1.54) is 40.9 Å². The molecule has 14 bridgehead atoms. The first-order valence-electron chi connectivity index (χ1n) is 43.1. The van der Waals surface area contributed by atoms with Crippen molar-refractivity contribution in [2.24, 2.45) is 5.92 Å². The molecule has 8 N–H and O–H groups in total. The number of nitrogens with zero attached hydrogens (tertiary/aromatic N) is 6. The number of ketones is 2. The lowest BCUT2D eigenvalue weighted by atomic mass is 9.88. The molecule has 7 aliphatic heterocycles. The summed E-state index contributed by atoms with van der Waals surface area (Å²) in [7, 11) is 7.63. The number of carbonyl (C=O) groups is 13. The van der Waals surface area contributed by atoms with Crippen LogP contribution in [0.5, 0.6) is 5.75 Å². The van der Waals surface area contributed by atoms with Gasteiger partial charge in [0, 0.05) is 120 Å². The molecule has 11 amide bonds. The Labute approximate surface area is 719 Å². The summed E-state index contributed by atoms with van der Waals surface area (Å²) >= 11 is 0. The Kier molecular flexibility index (Phi) is 34.4. The maximum absolute atomic E-state index is 16.4. The van der Waals surface area contributed by atoms with Crippen molar-refractivity contribution < 1.29 is 95.3 Å². The van der Waals surface area contributed by atoms with E-state index in [1.807, 2.05) is 50.0 Å². The Bertz CT molecular complexity index is 4550. The molecule has 3 saturated heterocycles. The van der Waals surface area contributed by atoms with Crippen LogP contribution in [-0.4, -0.2) is 271 Å². The highest BCUT2D eigenvalue weighted by Gasteiger charge is 2.50.